The molecule has 1 atom stereocenters. The second kappa shape index (κ2) is 5.20. The highest BCUT2D eigenvalue weighted by Crippen LogP contribution is 2.38. The van der Waals surface area contributed by atoms with E-state index in [0.717, 1.165) is 24.3 Å². The molecule has 0 saturated carbocycles. The molecule has 0 fully saturated rings. The summed E-state index contributed by atoms with van der Waals surface area (Å²) in [6.07, 6.45) is 2.22. The Labute approximate surface area is 120 Å². The van der Waals surface area contributed by atoms with Crippen molar-refractivity contribution >= 4 is 0 Å². The summed E-state index contributed by atoms with van der Waals surface area (Å²) in [5, 5.41) is 0. The van der Waals surface area contributed by atoms with Crippen molar-refractivity contribution in [3.05, 3.63) is 58.7 Å². The molecule has 2 aromatic carbocycles. The Hall–Kier alpha value is -1.96. The Morgan fingerprint density at radius 2 is 1.60 bits per heavy atom. The molecule has 2 aromatic rings. The molecule has 2 heteroatoms. The fourth-order valence-electron chi connectivity index (χ4n) is 3.14. The van der Waals surface area contributed by atoms with Gasteiger partial charge in [0.05, 0.1) is 14.2 Å². The Bertz CT molecular complexity index is 614. The molecular weight excluding hydrogens is 248 g/mol. The zero-order chi connectivity index (χ0) is 14.1. The van der Waals surface area contributed by atoms with Gasteiger partial charge in [0.15, 0.2) is 0 Å². The highest BCUT2D eigenvalue weighted by Gasteiger charge is 2.25. The Morgan fingerprint density at radius 1 is 0.900 bits per heavy atom. The number of hydrogen-bond donors (Lipinski definition) is 0. The fourth-order valence-corrected chi connectivity index (χ4v) is 3.14. The van der Waals surface area contributed by atoms with E-state index >= 15 is 0 Å². The van der Waals surface area contributed by atoms with Crippen LogP contribution in [0.25, 0.3) is 0 Å². The van der Waals surface area contributed by atoms with Crippen molar-refractivity contribution in [3.8, 4) is 11.5 Å². The van der Waals surface area contributed by atoms with Gasteiger partial charge < -0.3 is 9.47 Å². The second-order valence-corrected chi connectivity index (χ2v) is 5.46. The molecule has 104 valence electrons. The zero-order valence-electron chi connectivity index (χ0n) is 12.3. The number of methoxy groups -OCH3 is 2. The molecule has 1 unspecified atom stereocenters. The van der Waals surface area contributed by atoms with Crippen LogP contribution in [0.15, 0.2) is 36.4 Å². The molecule has 0 amide bonds. The van der Waals surface area contributed by atoms with E-state index in [1.807, 2.05) is 12.1 Å². The average Bonchev–Trinajstić information content (AvgIpc) is 2.92. The van der Waals surface area contributed by atoms with Crippen LogP contribution in [0.2, 0.25) is 0 Å². The standard InChI is InChI=1S/C18H20O2/c1-12-8-17(20-3)10-15-9-14(11-18(12)15)13-4-6-16(19-2)7-5-13/h4-8,10,14H,9,11H2,1-3H3. The first-order valence-corrected chi connectivity index (χ1v) is 7.01. The molecule has 1 aliphatic rings. The predicted molar refractivity (Wildman–Crippen MR) is 80.9 cm³/mol. The van der Waals surface area contributed by atoms with Crippen LogP contribution in [0, 0.1) is 6.92 Å². The van der Waals surface area contributed by atoms with Crippen LogP contribution in [0.3, 0.4) is 0 Å². The lowest BCUT2D eigenvalue weighted by atomic mass is 9.96. The minimum atomic E-state index is 0.571. The van der Waals surface area contributed by atoms with E-state index in [1.54, 1.807) is 14.2 Å². The predicted octanol–water partition coefficient (Wildman–Crippen LogP) is 3.89. The minimum Gasteiger partial charge on any atom is -0.497 e. The van der Waals surface area contributed by atoms with E-state index in [9.17, 15) is 0 Å². The van der Waals surface area contributed by atoms with Crippen molar-refractivity contribution in [1.29, 1.82) is 0 Å². The molecule has 0 bridgehead atoms. The van der Waals surface area contributed by atoms with Gasteiger partial charge in [-0.3, -0.25) is 0 Å². The van der Waals surface area contributed by atoms with Crippen LogP contribution in [-0.4, -0.2) is 14.2 Å². The van der Waals surface area contributed by atoms with Crippen LogP contribution < -0.4 is 9.47 Å². The highest BCUT2D eigenvalue weighted by atomic mass is 16.5. The van der Waals surface area contributed by atoms with Crippen LogP contribution >= 0.6 is 0 Å². The number of hydrogen-bond acceptors (Lipinski definition) is 2. The molecule has 1 aliphatic carbocycles. The lowest BCUT2D eigenvalue weighted by Gasteiger charge is -2.10. The third-order valence-electron chi connectivity index (χ3n) is 4.28. The minimum absolute atomic E-state index is 0.571. The normalized spacial score (nSPS) is 16.9. The van der Waals surface area contributed by atoms with E-state index in [1.165, 1.54) is 22.3 Å². The van der Waals surface area contributed by atoms with Crippen molar-refractivity contribution < 1.29 is 9.47 Å². The van der Waals surface area contributed by atoms with Gasteiger partial charge in [0.2, 0.25) is 0 Å². The smallest absolute Gasteiger partial charge is 0.119 e. The van der Waals surface area contributed by atoms with Crippen molar-refractivity contribution in [2.75, 3.05) is 14.2 Å². The number of ether oxygens (including phenoxy) is 2. The maximum Gasteiger partial charge on any atom is 0.119 e. The average molecular weight is 268 g/mol. The van der Waals surface area contributed by atoms with Crippen LogP contribution in [0.4, 0.5) is 0 Å². The number of fused-ring (bicyclic) bond motifs is 1. The molecule has 0 spiro atoms. The molecule has 0 radical (unpaired) electrons. The van der Waals surface area contributed by atoms with Gasteiger partial charge in [-0.1, -0.05) is 12.1 Å². The van der Waals surface area contributed by atoms with E-state index in [4.69, 9.17) is 9.47 Å². The first-order valence-electron chi connectivity index (χ1n) is 7.01. The topological polar surface area (TPSA) is 18.5 Å². The van der Waals surface area contributed by atoms with Crippen LogP contribution in [-0.2, 0) is 12.8 Å². The second-order valence-electron chi connectivity index (χ2n) is 5.46. The van der Waals surface area contributed by atoms with Crippen LogP contribution in [0.1, 0.15) is 28.2 Å². The summed E-state index contributed by atoms with van der Waals surface area (Å²) in [5.74, 6) is 2.46. The summed E-state index contributed by atoms with van der Waals surface area (Å²) in [7, 11) is 3.44. The van der Waals surface area contributed by atoms with Gasteiger partial charge in [-0.25, -0.2) is 0 Å². The molecule has 2 nitrogen and oxygen atoms in total. The molecule has 20 heavy (non-hydrogen) atoms. The molecule has 0 saturated heterocycles. The molecule has 0 aromatic heterocycles. The molecular formula is C18H20O2. The van der Waals surface area contributed by atoms with E-state index in [2.05, 4.69) is 31.2 Å². The number of rotatable bonds is 3. The summed E-state index contributed by atoms with van der Waals surface area (Å²) in [6.45, 7) is 2.18. The fraction of sp³-hybridized carbons (Fsp3) is 0.333. The summed E-state index contributed by atoms with van der Waals surface area (Å²) in [6, 6.07) is 12.8. The quantitative estimate of drug-likeness (QED) is 0.840. The van der Waals surface area contributed by atoms with Crippen molar-refractivity contribution in [2.24, 2.45) is 0 Å². The van der Waals surface area contributed by atoms with Gasteiger partial charge in [-0.2, -0.15) is 0 Å². The first-order chi connectivity index (χ1) is 9.71. The molecule has 0 N–H and O–H groups in total. The lowest BCUT2D eigenvalue weighted by molar-refractivity contribution is 0.414. The van der Waals surface area contributed by atoms with Gasteiger partial charge in [0, 0.05) is 0 Å². The van der Waals surface area contributed by atoms with Gasteiger partial charge in [-0.15, -0.1) is 0 Å². The van der Waals surface area contributed by atoms with E-state index < -0.39 is 0 Å². The summed E-state index contributed by atoms with van der Waals surface area (Å²) < 4.78 is 10.6. The van der Waals surface area contributed by atoms with Crippen LogP contribution in [0.5, 0.6) is 11.5 Å². The van der Waals surface area contributed by atoms with Gasteiger partial charge in [0.25, 0.3) is 0 Å². The molecule has 0 heterocycles. The Balaban J connectivity index is 1.87. The summed E-state index contributed by atoms with van der Waals surface area (Å²) in [5.41, 5.74) is 5.66. The van der Waals surface area contributed by atoms with E-state index in [-0.39, 0.29) is 0 Å². The molecule has 3 rings (SSSR count). The monoisotopic (exact) mass is 268 g/mol. The van der Waals surface area contributed by atoms with Gasteiger partial charge in [0.1, 0.15) is 11.5 Å². The molecule has 0 aliphatic heterocycles. The third kappa shape index (κ3) is 2.26. The van der Waals surface area contributed by atoms with Gasteiger partial charge in [-0.05, 0) is 72.2 Å². The van der Waals surface area contributed by atoms with Crippen molar-refractivity contribution in [2.45, 2.75) is 25.7 Å². The first kappa shape index (κ1) is 13.0. The van der Waals surface area contributed by atoms with Gasteiger partial charge >= 0.3 is 0 Å². The summed E-state index contributed by atoms with van der Waals surface area (Å²) >= 11 is 0. The Kier molecular flexibility index (Phi) is 3.39. The highest BCUT2D eigenvalue weighted by molar-refractivity contribution is 5.47. The zero-order valence-corrected chi connectivity index (χ0v) is 12.3. The largest absolute Gasteiger partial charge is 0.497 e. The maximum absolute atomic E-state index is 5.37. The number of aryl methyl sites for hydroxylation is 1. The SMILES string of the molecule is COc1ccc(C2Cc3cc(OC)cc(C)c3C2)cc1. The Morgan fingerprint density at radius 3 is 2.25 bits per heavy atom. The summed E-state index contributed by atoms with van der Waals surface area (Å²) in [4.78, 5) is 0. The lowest BCUT2D eigenvalue weighted by Crippen LogP contribution is -1.97. The number of benzene rings is 2. The van der Waals surface area contributed by atoms with Crippen molar-refractivity contribution in [3.63, 3.8) is 0 Å². The van der Waals surface area contributed by atoms with Crippen molar-refractivity contribution in [1.82, 2.24) is 0 Å². The maximum atomic E-state index is 5.37. The van der Waals surface area contributed by atoms with E-state index in [0.29, 0.717) is 5.92 Å². The third-order valence-corrected chi connectivity index (χ3v) is 4.28.